The fourth-order valence-corrected chi connectivity index (χ4v) is 2.21. The molecule has 19 heavy (non-hydrogen) atoms. The monoisotopic (exact) mass is 284 g/mol. The average molecular weight is 285 g/mol. The fraction of sp³-hybridized carbons (Fsp3) is 0.417. The standard InChI is InChI=1S/C12H13ClN2O4/c1-12(11(16)17,7-2-3-7)14-9-6-8(13)4-5-10(9)15(18)19/h4-7,14H,2-3H2,1H3,(H,16,17). The quantitative estimate of drug-likeness (QED) is 0.640. The predicted molar refractivity (Wildman–Crippen MR) is 70.5 cm³/mol. The van der Waals surface area contributed by atoms with Crippen LogP contribution in [0.15, 0.2) is 18.2 Å². The van der Waals surface area contributed by atoms with Crippen molar-refractivity contribution in [3.8, 4) is 0 Å². The molecule has 0 aliphatic heterocycles. The van der Waals surface area contributed by atoms with Gasteiger partial charge in [0.2, 0.25) is 0 Å². The van der Waals surface area contributed by atoms with Gasteiger partial charge in [0.25, 0.3) is 5.69 Å². The summed E-state index contributed by atoms with van der Waals surface area (Å²) in [5, 5.41) is 23.4. The molecule has 1 unspecified atom stereocenters. The summed E-state index contributed by atoms with van der Waals surface area (Å²) >= 11 is 5.82. The van der Waals surface area contributed by atoms with Crippen LogP contribution in [0.3, 0.4) is 0 Å². The Bertz CT molecular complexity index is 545. The number of aliphatic carboxylic acids is 1. The van der Waals surface area contributed by atoms with Gasteiger partial charge >= 0.3 is 5.97 Å². The number of rotatable bonds is 5. The fourth-order valence-electron chi connectivity index (χ4n) is 2.04. The summed E-state index contributed by atoms with van der Waals surface area (Å²) in [6.07, 6.45) is 1.59. The third-order valence-electron chi connectivity index (χ3n) is 3.39. The number of nitrogens with one attached hydrogen (secondary N) is 1. The van der Waals surface area contributed by atoms with E-state index in [1.54, 1.807) is 0 Å². The lowest BCUT2D eigenvalue weighted by atomic mass is 9.95. The van der Waals surface area contributed by atoms with Crippen LogP contribution in [0.5, 0.6) is 0 Å². The molecule has 1 aliphatic carbocycles. The molecule has 1 aromatic rings. The Labute approximate surface area is 114 Å². The zero-order valence-corrected chi connectivity index (χ0v) is 11.0. The van der Waals surface area contributed by atoms with Gasteiger partial charge in [0.15, 0.2) is 0 Å². The Morgan fingerprint density at radius 1 is 1.58 bits per heavy atom. The normalized spacial score (nSPS) is 17.6. The second-order valence-corrected chi connectivity index (χ2v) is 5.26. The van der Waals surface area contributed by atoms with Gasteiger partial charge < -0.3 is 10.4 Å². The lowest BCUT2D eigenvalue weighted by Crippen LogP contribution is -2.45. The molecule has 0 amide bonds. The second kappa shape index (κ2) is 4.70. The van der Waals surface area contributed by atoms with Crippen molar-refractivity contribution in [2.75, 3.05) is 5.32 Å². The number of carbonyl (C=O) groups is 1. The Hall–Kier alpha value is -1.82. The van der Waals surface area contributed by atoms with Crippen molar-refractivity contribution >= 4 is 28.9 Å². The summed E-state index contributed by atoms with van der Waals surface area (Å²) in [5.74, 6) is -1.05. The van der Waals surface area contributed by atoms with E-state index in [1.165, 1.54) is 25.1 Å². The van der Waals surface area contributed by atoms with Crippen molar-refractivity contribution in [1.29, 1.82) is 0 Å². The molecule has 102 valence electrons. The van der Waals surface area contributed by atoms with Crippen LogP contribution in [0, 0.1) is 16.0 Å². The van der Waals surface area contributed by atoms with Crippen LogP contribution >= 0.6 is 11.6 Å². The van der Waals surface area contributed by atoms with E-state index in [0.29, 0.717) is 5.02 Å². The Kier molecular flexibility index (Phi) is 3.36. The molecular formula is C12H13ClN2O4. The van der Waals surface area contributed by atoms with Crippen LogP contribution in [0.2, 0.25) is 5.02 Å². The van der Waals surface area contributed by atoms with E-state index in [1.807, 2.05) is 0 Å². The minimum absolute atomic E-state index is 0.0245. The highest BCUT2D eigenvalue weighted by Crippen LogP contribution is 2.43. The summed E-state index contributed by atoms with van der Waals surface area (Å²) < 4.78 is 0. The van der Waals surface area contributed by atoms with Gasteiger partial charge in [-0.15, -0.1) is 0 Å². The van der Waals surface area contributed by atoms with Gasteiger partial charge in [-0.1, -0.05) is 11.6 Å². The van der Waals surface area contributed by atoms with Gasteiger partial charge in [-0.3, -0.25) is 10.1 Å². The molecule has 0 spiro atoms. The van der Waals surface area contributed by atoms with E-state index in [0.717, 1.165) is 12.8 Å². The van der Waals surface area contributed by atoms with Crippen LogP contribution < -0.4 is 5.32 Å². The molecule has 7 heteroatoms. The molecule has 1 fully saturated rings. The summed E-state index contributed by atoms with van der Waals surface area (Å²) in [7, 11) is 0. The summed E-state index contributed by atoms with van der Waals surface area (Å²) in [6.45, 7) is 1.54. The first kappa shape index (κ1) is 13.6. The molecule has 2 N–H and O–H groups in total. The number of carboxylic acid groups (broad SMARTS) is 1. The van der Waals surface area contributed by atoms with Crippen LogP contribution in [0.1, 0.15) is 19.8 Å². The smallest absolute Gasteiger partial charge is 0.329 e. The zero-order chi connectivity index (χ0) is 14.2. The summed E-state index contributed by atoms with van der Waals surface area (Å²) in [6, 6.07) is 4.04. The molecule has 1 aromatic carbocycles. The zero-order valence-electron chi connectivity index (χ0n) is 10.2. The molecule has 0 aromatic heterocycles. The van der Waals surface area contributed by atoms with Gasteiger partial charge in [-0.2, -0.15) is 0 Å². The minimum Gasteiger partial charge on any atom is -0.480 e. The van der Waals surface area contributed by atoms with Crippen molar-refractivity contribution in [1.82, 2.24) is 0 Å². The van der Waals surface area contributed by atoms with E-state index in [2.05, 4.69) is 5.32 Å². The highest BCUT2D eigenvalue weighted by atomic mass is 35.5. The number of nitrogens with zero attached hydrogens (tertiary/aromatic N) is 1. The molecule has 0 heterocycles. The first-order valence-corrected chi connectivity index (χ1v) is 6.18. The molecule has 2 rings (SSSR count). The van der Waals surface area contributed by atoms with Crippen molar-refractivity contribution in [3.05, 3.63) is 33.3 Å². The first-order valence-electron chi connectivity index (χ1n) is 5.80. The van der Waals surface area contributed by atoms with Crippen LogP contribution in [-0.4, -0.2) is 21.5 Å². The first-order chi connectivity index (χ1) is 8.84. The van der Waals surface area contributed by atoms with E-state index >= 15 is 0 Å². The lowest BCUT2D eigenvalue weighted by Gasteiger charge is -2.27. The number of halogens is 1. The number of benzene rings is 1. The Morgan fingerprint density at radius 2 is 2.21 bits per heavy atom. The predicted octanol–water partition coefficient (Wildman–Crippen LogP) is 2.91. The van der Waals surface area contributed by atoms with E-state index < -0.39 is 16.4 Å². The van der Waals surface area contributed by atoms with Crippen molar-refractivity contribution in [2.45, 2.75) is 25.3 Å². The number of hydrogen-bond acceptors (Lipinski definition) is 4. The Morgan fingerprint density at radius 3 is 2.68 bits per heavy atom. The largest absolute Gasteiger partial charge is 0.480 e. The minimum atomic E-state index is -1.21. The van der Waals surface area contributed by atoms with Gasteiger partial charge in [0.05, 0.1) is 4.92 Å². The van der Waals surface area contributed by atoms with Crippen molar-refractivity contribution < 1.29 is 14.8 Å². The maximum atomic E-state index is 11.4. The van der Waals surface area contributed by atoms with E-state index in [4.69, 9.17) is 11.6 Å². The number of hydrogen-bond donors (Lipinski definition) is 2. The third-order valence-corrected chi connectivity index (χ3v) is 3.62. The van der Waals surface area contributed by atoms with Crippen molar-refractivity contribution in [3.63, 3.8) is 0 Å². The second-order valence-electron chi connectivity index (χ2n) is 4.83. The number of nitro benzene ring substituents is 1. The highest BCUT2D eigenvalue weighted by molar-refractivity contribution is 6.31. The molecule has 0 saturated heterocycles. The van der Waals surface area contributed by atoms with Crippen molar-refractivity contribution in [2.24, 2.45) is 5.92 Å². The lowest BCUT2D eigenvalue weighted by molar-refractivity contribution is -0.384. The highest BCUT2D eigenvalue weighted by Gasteiger charge is 2.48. The summed E-state index contributed by atoms with van der Waals surface area (Å²) in [4.78, 5) is 21.8. The number of nitro groups is 1. The van der Waals surface area contributed by atoms with Crippen LogP contribution in [0.4, 0.5) is 11.4 Å². The van der Waals surface area contributed by atoms with E-state index in [-0.39, 0.29) is 17.3 Å². The molecule has 6 nitrogen and oxygen atoms in total. The van der Waals surface area contributed by atoms with Gasteiger partial charge in [-0.05, 0) is 37.8 Å². The maximum absolute atomic E-state index is 11.4. The third kappa shape index (κ3) is 2.63. The molecule has 1 saturated carbocycles. The molecule has 0 bridgehead atoms. The number of anilines is 1. The molecule has 1 atom stereocenters. The van der Waals surface area contributed by atoms with Crippen LogP contribution in [0.25, 0.3) is 0 Å². The number of carboxylic acids is 1. The van der Waals surface area contributed by atoms with E-state index in [9.17, 15) is 20.0 Å². The molecular weight excluding hydrogens is 272 g/mol. The average Bonchev–Trinajstić information content (AvgIpc) is 3.12. The Balaban J connectivity index is 2.38. The molecule has 0 radical (unpaired) electrons. The van der Waals surface area contributed by atoms with Gasteiger partial charge in [0, 0.05) is 11.1 Å². The SMILES string of the molecule is CC(Nc1cc(Cl)ccc1[N+](=O)[O-])(C(=O)O)C1CC1. The van der Waals surface area contributed by atoms with Gasteiger partial charge in [-0.25, -0.2) is 4.79 Å². The van der Waals surface area contributed by atoms with Gasteiger partial charge in [0.1, 0.15) is 11.2 Å². The molecule has 1 aliphatic rings. The maximum Gasteiger partial charge on any atom is 0.329 e. The summed E-state index contributed by atoms with van der Waals surface area (Å²) in [5.41, 5.74) is -1.26. The topological polar surface area (TPSA) is 92.5 Å². The van der Waals surface area contributed by atoms with Crippen LogP contribution in [-0.2, 0) is 4.79 Å².